The van der Waals surface area contributed by atoms with E-state index in [9.17, 15) is 15.3 Å². The molecule has 1 fully saturated rings. The smallest absolute Gasteiger partial charge is 0.203 e. The highest BCUT2D eigenvalue weighted by Crippen LogP contribution is 2.61. The highest BCUT2D eigenvalue weighted by atomic mass is 16.5. The second-order valence-corrected chi connectivity index (χ2v) is 9.50. The van der Waals surface area contributed by atoms with E-state index in [2.05, 4.69) is 12.1 Å². The van der Waals surface area contributed by atoms with Crippen molar-refractivity contribution in [3.8, 4) is 29.4 Å². The third kappa shape index (κ3) is 3.59. The zero-order chi connectivity index (χ0) is 27.0. The topological polar surface area (TPSA) is 95.6 Å². The van der Waals surface area contributed by atoms with Crippen molar-refractivity contribution in [1.82, 2.24) is 4.90 Å². The quantitative estimate of drug-likeness (QED) is 0.412. The van der Waals surface area contributed by atoms with Crippen LogP contribution in [0, 0.1) is 35.0 Å². The fourth-order valence-electron chi connectivity index (χ4n) is 5.84. The molecule has 1 saturated heterocycles. The number of rotatable bonds is 6. The van der Waals surface area contributed by atoms with E-state index in [0.29, 0.717) is 28.4 Å². The zero-order valence-electron chi connectivity index (χ0n) is 21.6. The summed E-state index contributed by atoms with van der Waals surface area (Å²) in [5.74, 6) is 0.148. The molecular formula is C31H27N3O4. The Morgan fingerprint density at radius 1 is 0.921 bits per heavy atom. The molecule has 7 heteroatoms. The van der Waals surface area contributed by atoms with Crippen LogP contribution in [0.2, 0.25) is 0 Å². The lowest BCUT2D eigenvalue weighted by Crippen LogP contribution is -2.37. The number of ether oxygens (including phenoxy) is 3. The van der Waals surface area contributed by atoms with Crippen LogP contribution in [0.25, 0.3) is 6.08 Å². The average molecular weight is 506 g/mol. The van der Waals surface area contributed by atoms with E-state index in [4.69, 9.17) is 14.2 Å². The largest absolute Gasteiger partial charge is 0.493 e. The van der Waals surface area contributed by atoms with Crippen molar-refractivity contribution >= 4 is 11.9 Å². The molecular weight excluding hydrogens is 478 g/mol. The molecule has 7 nitrogen and oxygen atoms in total. The fourth-order valence-corrected chi connectivity index (χ4v) is 5.84. The molecule has 38 heavy (non-hydrogen) atoms. The Morgan fingerprint density at radius 2 is 1.55 bits per heavy atom. The first-order valence-electron chi connectivity index (χ1n) is 12.2. The van der Waals surface area contributed by atoms with Gasteiger partial charge in [0.1, 0.15) is 6.04 Å². The molecule has 190 valence electrons. The molecule has 0 aliphatic carbocycles. The molecule has 0 unspecified atom stereocenters. The van der Waals surface area contributed by atoms with Crippen molar-refractivity contribution < 1.29 is 19.0 Å². The predicted molar refractivity (Wildman–Crippen MR) is 142 cm³/mol. The summed E-state index contributed by atoms with van der Waals surface area (Å²) < 4.78 is 16.7. The standard InChI is InChI=1S/C31H27N3O4/c1-19-9-11-21(12-10-19)28(35)27-26(22-15-24(36-2)29(38-4)25(16-22)37-3)31(17-32,18-33)30-23-8-6-5-7-20(23)13-14-34(27)30/h5-16,26-27,30H,1-4H3/t26-,27+,30+/m0/s1. The molecule has 5 rings (SSSR count). The molecule has 2 heterocycles. The number of methoxy groups -OCH3 is 3. The summed E-state index contributed by atoms with van der Waals surface area (Å²) >= 11 is 0. The van der Waals surface area contributed by atoms with Crippen LogP contribution >= 0.6 is 0 Å². The molecule has 0 saturated carbocycles. The van der Waals surface area contributed by atoms with E-state index in [-0.39, 0.29) is 5.78 Å². The van der Waals surface area contributed by atoms with Gasteiger partial charge in [0.05, 0.1) is 39.5 Å². The van der Waals surface area contributed by atoms with E-state index in [0.717, 1.165) is 16.7 Å². The Hall–Kier alpha value is -4.75. The molecule has 3 aromatic carbocycles. The summed E-state index contributed by atoms with van der Waals surface area (Å²) in [5.41, 5.74) is 2.26. The van der Waals surface area contributed by atoms with Crippen molar-refractivity contribution in [3.05, 3.63) is 94.7 Å². The van der Waals surface area contributed by atoms with Crippen LogP contribution in [0.3, 0.4) is 0 Å². The van der Waals surface area contributed by atoms with Gasteiger partial charge in [-0.05, 0) is 41.8 Å². The van der Waals surface area contributed by atoms with Crippen LogP contribution in [0.15, 0.2) is 66.9 Å². The SMILES string of the molecule is COc1cc([C@H]2[C@H](C(=O)c3ccc(C)cc3)N3C=Cc4ccccc4[C@@H]3C2(C#N)C#N)cc(OC)c1OC. The second kappa shape index (κ2) is 9.61. The molecule has 0 amide bonds. The third-order valence-electron chi connectivity index (χ3n) is 7.59. The summed E-state index contributed by atoms with van der Waals surface area (Å²) in [5, 5.41) is 21.5. The van der Waals surface area contributed by atoms with Gasteiger partial charge in [-0.1, -0.05) is 54.1 Å². The highest BCUT2D eigenvalue weighted by molar-refractivity contribution is 6.02. The number of hydrogen-bond acceptors (Lipinski definition) is 7. The molecule has 2 aliphatic rings. The Bertz CT molecular complexity index is 1470. The van der Waals surface area contributed by atoms with Crippen molar-refractivity contribution in [2.45, 2.75) is 24.9 Å². The monoisotopic (exact) mass is 505 g/mol. The number of Topliss-reactive ketones (excluding diaryl/α,β-unsaturated/α-hetero) is 1. The van der Waals surface area contributed by atoms with Crippen molar-refractivity contribution in [3.63, 3.8) is 0 Å². The van der Waals surface area contributed by atoms with E-state index < -0.39 is 23.4 Å². The number of nitrogens with zero attached hydrogens (tertiary/aromatic N) is 3. The lowest BCUT2D eigenvalue weighted by Gasteiger charge is -2.34. The van der Waals surface area contributed by atoms with Gasteiger partial charge < -0.3 is 19.1 Å². The molecule has 3 atom stereocenters. The molecule has 0 spiro atoms. The first-order chi connectivity index (χ1) is 18.4. The van der Waals surface area contributed by atoms with Gasteiger partial charge in [0.2, 0.25) is 5.75 Å². The molecule has 0 aromatic heterocycles. The molecule has 3 aromatic rings. The highest BCUT2D eigenvalue weighted by Gasteiger charge is 2.64. The summed E-state index contributed by atoms with van der Waals surface area (Å²) in [6.45, 7) is 1.96. The van der Waals surface area contributed by atoms with Crippen molar-refractivity contribution in [1.29, 1.82) is 10.5 Å². The summed E-state index contributed by atoms with van der Waals surface area (Å²) in [4.78, 5) is 16.2. The number of carbonyl (C=O) groups excluding carboxylic acids is 1. The number of carbonyl (C=O) groups is 1. The van der Waals surface area contributed by atoms with Gasteiger partial charge in [0, 0.05) is 17.7 Å². The second-order valence-electron chi connectivity index (χ2n) is 9.50. The number of aryl methyl sites for hydroxylation is 1. The van der Waals surface area contributed by atoms with E-state index in [1.165, 1.54) is 21.3 Å². The van der Waals surface area contributed by atoms with Crippen molar-refractivity contribution in [2.75, 3.05) is 21.3 Å². The lowest BCUT2D eigenvalue weighted by atomic mass is 9.67. The van der Waals surface area contributed by atoms with Gasteiger partial charge in [-0.15, -0.1) is 0 Å². The maximum Gasteiger partial charge on any atom is 0.203 e. The van der Waals surface area contributed by atoms with Gasteiger partial charge in [-0.2, -0.15) is 10.5 Å². The Kier molecular flexibility index (Phi) is 6.30. The van der Waals surface area contributed by atoms with E-state index >= 15 is 0 Å². The molecule has 2 aliphatic heterocycles. The Morgan fingerprint density at radius 3 is 2.13 bits per heavy atom. The van der Waals surface area contributed by atoms with Crippen LogP contribution in [0.5, 0.6) is 17.2 Å². The van der Waals surface area contributed by atoms with E-state index in [1.807, 2.05) is 60.5 Å². The summed E-state index contributed by atoms with van der Waals surface area (Å²) in [6, 6.07) is 21.7. The van der Waals surface area contributed by atoms with Gasteiger partial charge >= 0.3 is 0 Å². The Labute approximate surface area is 222 Å². The first kappa shape index (κ1) is 24.9. The first-order valence-corrected chi connectivity index (χ1v) is 12.2. The number of hydrogen-bond donors (Lipinski definition) is 0. The lowest BCUT2D eigenvalue weighted by molar-refractivity contribution is 0.0874. The maximum atomic E-state index is 14.3. The number of benzene rings is 3. The van der Waals surface area contributed by atoms with Crippen LogP contribution < -0.4 is 14.2 Å². The van der Waals surface area contributed by atoms with Crippen molar-refractivity contribution in [2.24, 2.45) is 5.41 Å². The number of ketones is 1. The predicted octanol–water partition coefficient (Wildman–Crippen LogP) is 5.43. The summed E-state index contributed by atoms with van der Waals surface area (Å²) in [7, 11) is 4.53. The normalized spacial score (nSPS) is 20.5. The van der Waals surface area contributed by atoms with Gasteiger partial charge in [-0.25, -0.2) is 0 Å². The minimum absolute atomic E-state index is 0.176. The third-order valence-corrected chi connectivity index (χ3v) is 7.59. The Balaban J connectivity index is 1.81. The molecule has 0 radical (unpaired) electrons. The van der Waals surface area contributed by atoms with Gasteiger partial charge in [0.15, 0.2) is 22.7 Å². The maximum absolute atomic E-state index is 14.3. The number of fused-ring (bicyclic) bond motifs is 3. The molecule has 0 N–H and O–H groups in total. The zero-order valence-corrected chi connectivity index (χ0v) is 21.6. The van der Waals surface area contributed by atoms with E-state index in [1.54, 1.807) is 24.3 Å². The van der Waals surface area contributed by atoms with Crippen LogP contribution in [0.1, 0.15) is 44.6 Å². The average Bonchev–Trinajstić information content (AvgIpc) is 3.27. The van der Waals surface area contributed by atoms with Gasteiger partial charge in [0.25, 0.3) is 0 Å². The fraction of sp³-hybridized carbons (Fsp3) is 0.258. The van der Waals surface area contributed by atoms with Crippen LogP contribution in [-0.4, -0.2) is 38.1 Å². The van der Waals surface area contributed by atoms with Gasteiger partial charge in [-0.3, -0.25) is 4.79 Å². The molecule has 0 bridgehead atoms. The minimum atomic E-state index is -1.60. The summed E-state index contributed by atoms with van der Waals surface area (Å²) in [6.07, 6.45) is 3.77. The number of nitriles is 2. The minimum Gasteiger partial charge on any atom is -0.493 e. The van der Waals surface area contributed by atoms with Crippen LogP contribution in [0.4, 0.5) is 0 Å². The van der Waals surface area contributed by atoms with Crippen LogP contribution in [-0.2, 0) is 0 Å².